The molecule has 0 saturated heterocycles. The Balaban J connectivity index is 1.57. The maximum Gasteiger partial charge on any atom is 0.359 e. The molecule has 1 aromatic heterocycles. The number of aromatic nitrogens is 2. The van der Waals surface area contributed by atoms with Gasteiger partial charge in [0.15, 0.2) is 12.3 Å². The van der Waals surface area contributed by atoms with Gasteiger partial charge in [0.1, 0.15) is 0 Å². The summed E-state index contributed by atoms with van der Waals surface area (Å²) >= 11 is 0. The summed E-state index contributed by atoms with van der Waals surface area (Å²) in [7, 11) is 0. The van der Waals surface area contributed by atoms with Gasteiger partial charge in [0, 0.05) is 5.69 Å². The van der Waals surface area contributed by atoms with Crippen LogP contribution in [0.15, 0.2) is 54.7 Å². The van der Waals surface area contributed by atoms with E-state index in [0.717, 1.165) is 0 Å². The predicted molar refractivity (Wildman–Crippen MR) is 99.0 cm³/mol. The predicted octanol–water partition coefficient (Wildman–Crippen LogP) is 3.55. The van der Waals surface area contributed by atoms with Crippen molar-refractivity contribution in [3.8, 4) is 0 Å². The van der Waals surface area contributed by atoms with Crippen LogP contribution in [-0.4, -0.2) is 28.5 Å². The average Bonchev–Trinajstić information content (AvgIpc) is 2.66. The van der Waals surface area contributed by atoms with Gasteiger partial charge < -0.3 is 10.1 Å². The molecule has 0 atom stereocenters. The van der Waals surface area contributed by atoms with Crippen molar-refractivity contribution >= 4 is 28.6 Å². The number of benzene rings is 2. The zero-order valence-corrected chi connectivity index (χ0v) is 14.6. The Hall–Kier alpha value is -3.28. The van der Waals surface area contributed by atoms with E-state index < -0.39 is 11.9 Å². The highest BCUT2D eigenvalue weighted by Crippen LogP contribution is 2.17. The molecule has 1 amide bonds. The Bertz CT molecular complexity index is 936. The zero-order chi connectivity index (χ0) is 18.5. The molecule has 0 unspecified atom stereocenters. The maximum absolute atomic E-state index is 12.1. The Labute approximate surface area is 151 Å². The third kappa shape index (κ3) is 4.22. The summed E-state index contributed by atoms with van der Waals surface area (Å²) in [6.07, 6.45) is 1.34. The van der Waals surface area contributed by atoms with E-state index in [1.165, 1.54) is 11.8 Å². The molecular formula is C20H19N3O3. The van der Waals surface area contributed by atoms with Gasteiger partial charge in [-0.25, -0.2) is 9.78 Å². The molecule has 0 aliphatic heterocycles. The summed E-state index contributed by atoms with van der Waals surface area (Å²) in [6, 6.07) is 14.8. The molecule has 0 spiro atoms. The number of amides is 1. The number of nitrogens with one attached hydrogen (secondary N) is 1. The SMILES string of the molecule is CC(C)c1ccc(NC(=O)COC(=O)c2cnc3ccccc3n2)cc1. The zero-order valence-electron chi connectivity index (χ0n) is 14.6. The van der Waals surface area contributed by atoms with Crippen molar-refractivity contribution in [1.29, 1.82) is 0 Å². The van der Waals surface area contributed by atoms with Crippen molar-refractivity contribution in [1.82, 2.24) is 9.97 Å². The van der Waals surface area contributed by atoms with Crippen molar-refractivity contribution in [2.24, 2.45) is 0 Å². The summed E-state index contributed by atoms with van der Waals surface area (Å²) in [5.74, 6) is -0.679. The molecule has 0 aliphatic rings. The molecule has 0 bridgehead atoms. The number of hydrogen-bond acceptors (Lipinski definition) is 5. The number of carbonyl (C=O) groups excluding carboxylic acids is 2. The topological polar surface area (TPSA) is 81.2 Å². The van der Waals surface area contributed by atoms with Crippen LogP contribution in [0, 0.1) is 0 Å². The van der Waals surface area contributed by atoms with Gasteiger partial charge in [0.05, 0.1) is 17.2 Å². The lowest BCUT2D eigenvalue weighted by Crippen LogP contribution is -2.21. The van der Waals surface area contributed by atoms with Crippen LogP contribution < -0.4 is 5.32 Å². The fourth-order valence-electron chi connectivity index (χ4n) is 2.41. The number of fused-ring (bicyclic) bond motifs is 1. The minimum absolute atomic E-state index is 0.0674. The minimum atomic E-state index is -0.687. The lowest BCUT2D eigenvalue weighted by molar-refractivity contribution is -0.119. The van der Waals surface area contributed by atoms with Gasteiger partial charge in [-0.1, -0.05) is 38.1 Å². The van der Waals surface area contributed by atoms with E-state index in [2.05, 4.69) is 29.1 Å². The van der Waals surface area contributed by atoms with E-state index in [-0.39, 0.29) is 12.3 Å². The molecule has 26 heavy (non-hydrogen) atoms. The summed E-state index contributed by atoms with van der Waals surface area (Å²) < 4.78 is 5.02. The van der Waals surface area contributed by atoms with Crippen LogP contribution in [0.1, 0.15) is 35.8 Å². The van der Waals surface area contributed by atoms with E-state index in [0.29, 0.717) is 22.6 Å². The molecule has 132 valence electrons. The summed E-state index contributed by atoms with van der Waals surface area (Å²) in [5, 5.41) is 2.69. The first kappa shape index (κ1) is 17.5. The minimum Gasteiger partial charge on any atom is -0.451 e. The third-order valence-electron chi connectivity index (χ3n) is 3.85. The van der Waals surface area contributed by atoms with Gasteiger partial charge in [-0.05, 0) is 35.7 Å². The largest absolute Gasteiger partial charge is 0.451 e. The molecule has 2 aromatic carbocycles. The number of esters is 1. The Kier molecular flexibility index (Phi) is 5.22. The molecule has 0 saturated carbocycles. The van der Waals surface area contributed by atoms with Crippen LogP contribution in [0.2, 0.25) is 0 Å². The second-order valence-corrected chi connectivity index (χ2v) is 6.14. The highest BCUT2D eigenvalue weighted by Gasteiger charge is 2.13. The number of hydrogen-bond donors (Lipinski definition) is 1. The monoisotopic (exact) mass is 349 g/mol. The standard InChI is InChI=1S/C20H19N3O3/c1-13(2)14-7-9-15(10-8-14)22-19(24)12-26-20(25)18-11-21-16-5-3-4-6-17(16)23-18/h3-11,13H,12H2,1-2H3,(H,22,24). The Morgan fingerprint density at radius 2 is 1.73 bits per heavy atom. The molecule has 6 nitrogen and oxygen atoms in total. The van der Waals surface area contributed by atoms with Gasteiger partial charge >= 0.3 is 5.97 Å². The van der Waals surface area contributed by atoms with E-state index >= 15 is 0 Å². The number of para-hydroxylation sites is 2. The third-order valence-corrected chi connectivity index (χ3v) is 3.85. The van der Waals surface area contributed by atoms with Crippen molar-refractivity contribution < 1.29 is 14.3 Å². The lowest BCUT2D eigenvalue weighted by atomic mass is 10.0. The second-order valence-electron chi connectivity index (χ2n) is 6.14. The molecule has 6 heteroatoms. The van der Waals surface area contributed by atoms with Gasteiger partial charge in [-0.3, -0.25) is 9.78 Å². The average molecular weight is 349 g/mol. The fourth-order valence-corrected chi connectivity index (χ4v) is 2.41. The van der Waals surface area contributed by atoms with Crippen LogP contribution in [0.25, 0.3) is 11.0 Å². The van der Waals surface area contributed by atoms with Gasteiger partial charge in [0.2, 0.25) is 0 Å². The first-order chi connectivity index (χ1) is 12.5. The summed E-state index contributed by atoms with van der Waals surface area (Å²) in [6.45, 7) is 3.81. The fraction of sp³-hybridized carbons (Fsp3) is 0.200. The van der Waals surface area contributed by atoms with E-state index in [4.69, 9.17) is 4.74 Å². The second kappa shape index (κ2) is 7.74. The van der Waals surface area contributed by atoms with E-state index in [1.54, 1.807) is 12.1 Å². The number of carbonyl (C=O) groups is 2. The van der Waals surface area contributed by atoms with Crippen LogP contribution in [0.4, 0.5) is 5.69 Å². The van der Waals surface area contributed by atoms with E-state index in [1.807, 2.05) is 36.4 Å². The molecule has 3 aromatic rings. The first-order valence-corrected chi connectivity index (χ1v) is 8.31. The van der Waals surface area contributed by atoms with Gasteiger partial charge in [0.25, 0.3) is 5.91 Å². The summed E-state index contributed by atoms with van der Waals surface area (Å²) in [4.78, 5) is 32.4. The van der Waals surface area contributed by atoms with Gasteiger partial charge in [-0.15, -0.1) is 0 Å². The smallest absolute Gasteiger partial charge is 0.359 e. The van der Waals surface area contributed by atoms with Crippen LogP contribution in [0.5, 0.6) is 0 Å². The number of nitrogens with zero attached hydrogens (tertiary/aromatic N) is 2. The molecule has 1 N–H and O–H groups in total. The van der Waals surface area contributed by atoms with Crippen LogP contribution >= 0.6 is 0 Å². The number of ether oxygens (including phenoxy) is 1. The molecule has 0 aliphatic carbocycles. The molecular weight excluding hydrogens is 330 g/mol. The molecule has 0 radical (unpaired) electrons. The quantitative estimate of drug-likeness (QED) is 0.713. The van der Waals surface area contributed by atoms with Crippen molar-refractivity contribution in [3.63, 3.8) is 0 Å². The first-order valence-electron chi connectivity index (χ1n) is 8.31. The normalized spacial score (nSPS) is 10.7. The highest BCUT2D eigenvalue weighted by molar-refractivity contribution is 5.95. The molecule has 1 heterocycles. The van der Waals surface area contributed by atoms with Crippen molar-refractivity contribution in [3.05, 3.63) is 66.0 Å². The van der Waals surface area contributed by atoms with Crippen LogP contribution in [-0.2, 0) is 9.53 Å². The van der Waals surface area contributed by atoms with Crippen LogP contribution in [0.3, 0.4) is 0 Å². The Morgan fingerprint density at radius 3 is 2.42 bits per heavy atom. The summed E-state index contributed by atoms with van der Waals surface area (Å²) in [5.41, 5.74) is 3.19. The molecule has 3 rings (SSSR count). The number of rotatable bonds is 5. The van der Waals surface area contributed by atoms with Gasteiger partial charge in [-0.2, -0.15) is 0 Å². The number of anilines is 1. The van der Waals surface area contributed by atoms with E-state index in [9.17, 15) is 9.59 Å². The Morgan fingerprint density at radius 1 is 1.04 bits per heavy atom. The molecule has 0 fully saturated rings. The maximum atomic E-state index is 12.1. The van der Waals surface area contributed by atoms with Crippen molar-refractivity contribution in [2.75, 3.05) is 11.9 Å². The highest BCUT2D eigenvalue weighted by atomic mass is 16.5. The lowest BCUT2D eigenvalue weighted by Gasteiger charge is -2.09. The van der Waals surface area contributed by atoms with Crippen molar-refractivity contribution in [2.45, 2.75) is 19.8 Å².